The molecule has 212 valence electrons. The van der Waals surface area contributed by atoms with Crippen molar-refractivity contribution in [2.24, 2.45) is 11.3 Å². The molecule has 1 N–H and O–H groups in total. The highest BCUT2D eigenvalue weighted by atomic mass is 35.5. The van der Waals surface area contributed by atoms with Gasteiger partial charge in [0.05, 0.1) is 31.0 Å². The van der Waals surface area contributed by atoms with Gasteiger partial charge in [-0.2, -0.15) is 0 Å². The van der Waals surface area contributed by atoms with Crippen molar-refractivity contribution in [3.05, 3.63) is 76.6 Å². The first kappa shape index (κ1) is 28.1. The van der Waals surface area contributed by atoms with Gasteiger partial charge in [0.25, 0.3) is 0 Å². The number of benzene rings is 2. The number of para-hydroxylation sites is 1. The molecule has 2 aromatic carbocycles. The summed E-state index contributed by atoms with van der Waals surface area (Å²) in [7, 11) is 3.19. The third-order valence-corrected chi connectivity index (χ3v) is 8.38. The summed E-state index contributed by atoms with van der Waals surface area (Å²) in [5, 5.41) is 9.77. The van der Waals surface area contributed by atoms with Crippen LogP contribution in [0.4, 0.5) is 0 Å². The van der Waals surface area contributed by atoms with Gasteiger partial charge >= 0.3 is 5.97 Å². The quantitative estimate of drug-likeness (QED) is 0.374. The van der Waals surface area contributed by atoms with Crippen molar-refractivity contribution in [3.63, 3.8) is 0 Å². The minimum absolute atomic E-state index is 0.0284. The number of carbonyl (C=O) groups excluding carboxylic acids is 1. The number of fused-ring (bicyclic) bond motifs is 3. The van der Waals surface area contributed by atoms with E-state index in [-0.39, 0.29) is 18.2 Å². The predicted octanol–water partition coefficient (Wildman–Crippen LogP) is 6.05. The molecule has 9 heteroatoms. The van der Waals surface area contributed by atoms with E-state index in [2.05, 4.69) is 4.57 Å². The monoisotopic (exact) mass is 566 g/mol. The largest absolute Gasteiger partial charge is 0.493 e. The van der Waals surface area contributed by atoms with E-state index in [1.165, 1.54) is 0 Å². The van der Waals surface area contributed by atoms with Gasteiger partial charge in [-0.1, -0.05) is 23.7 Å². The Morgan fingerprint density at radius 2 is 1.80 bits per heavy atom. The van der Waals surface area contributed by atoms with Crippen LogP contribution in [0.1, 0.15) is 62.1 Å². The minimum atomic E-state index is -0.952. The molecule has 5 rings (SSSR count). The molecule has 1 saturated heterocycles. The van der Waals surface area contributed by atoms with Gasteiger partial charge < -0.3 is 28.8 Å². The van der Waals surface area contributed by atoms with Crippen LogP contribution in [0.5, 0.6) is 11.5 Å². The Morgan fingerprint density at radius 1 is 1.05 bits per heavy atom. The third-order valence-electron chi connectivity index (χ3n) is 8.14. The number of hydrogen-bond acceptors (Lipinski definition) is 5. The summed E-state index contributed by atoms with van der Waals surface area (Å²) in [6, 6.07) is 15.3. The summed E-state index contributed by atoms with van der Waals surface area (Å²) in [4.78, 5) is 27.2. The SMILES string of the molecule is COc1cccc([C@@H]2O[C@@H](C(C)(C)C(=O)N3CCC(CC(=O)O)CC3)c3cccn3-c3ccc(Cl)cc32)c1OC. The first-order chi connectivity index (χ1) is 19.1. The van der Waals surface area contributed by atoms with Crippen LogP contribution in [-0.4, -0.2) is 53.8 Å². The maximum atomic E-state index is 14.1. The number of halogens is 1. The van der Waals surface area contributed by atoms with Crippen molar-refractivity contribution in [1.29, 1.82) is 0 Å². The van der Waals surface area contributed by atoms with Gasteiger partial charge in [-0.25, -0.2) is 0 Å². The van der Waals surface area contributed by atoms with E-state index in [1.54, 1.807) is 14.2 Å². The lowest BCUT2D eigenvalue weighted by Crippen LogP contribution is -2.48. The molecule has 3 aromatic rings. The second-order valence-corrected chi connectivity index (χ2v) is 11.5. The van der Waals surface area contributed by atoms with Crippen LogP contribution in [0.15, 0.2) is 54.7 Å². The Balaban J connectivity index is 1.57. The fraction of sp³-hybridized carbons (Fsp3) is 0.419. The highest BCUT2D eigenvalue weighted by Crippen LogP contribution is 2.50. The molecule has 2 atom stereocenters. The number of aliphatic carboxylic acids is 1. The summed E-state index contributed by atoms with van der Waals surface area (Å²) in [6.45, 7) is 4.89. The topological polar surface area (TPSA) is 90.2 Å². The van der Waals surface area contributed by atoms with E-state index in [0.29, 0.717) is 42.5 Å². The second-order valence-electron chi connectivity index (χ2n) is 11.0. The molecule has 1 aromatic heterocycles. The first-order valence-electron chi connectivity index (χ1n) is 13.5. The van der Waals surface area contributed by atoms with Gasteiger partial charge in [0.2, 0.25) is 5.91 Å². The highest BCUT2D eigenvalue weighted by molar-refractivity contribution is 6.30. The van der Waals surface area contributed by atoms with Crippen LogP contribution in [0.3, 0.4) is 0 Å². The van der Waals surface area contributed by atoms with E-state index in [4.69, 9.17) is 25.8 Å². The normalized spacial score (nSPS) is 19.4. The fourth-order valence-corrected chi connectivity index (χ4v) is 6.25. The number of carboxylic acids is 1. The molecule has 8 nitrogen and oxygen atoms in total. The number of likely N-dealkylation sites (tertiary alicyclic amines) is 1. The van der Waals surface area contributed by atoms with Crippen LogP contribution in [-0.2, 0) is 14.3 Å². The van der Waals surface area contributed by atoms with Gasteiger partial charge in [0.1, 0.15) is 12.2 Å². The van der Waals surface area contributed by atoms with Crippen molar-refractivity contribution in [2.75, 3.05) is 27.3 Å². The van der Waals surface area contributed by atoms with E-state index >= 15 is 0 Å². The van der Waals surface area contributed by atoms with Gasteiger partial charge in [-0.15, -0.1) is 0 Å². The number of aromatic nitrogens is 1. The Bertz CT molecular complexity index is 1410. The summed E-state index contributed by atoms with van der Waals surface area (Å²) in [6.07, 6.45) is 2.21. The molecule has 0 spiro atoms. The number of piperidine rings is 1. The Kier molecular flexibility index (Phi) is 7.84. The Labute approximate surface area is 239 Å². The molecule has 1 fully saturated rings. The zero-order valence-corrected chi connectivity index (χ0v) is 24.0. The molecule has 3 heterocycles. The fourth-order valence-electron chi connectivity index (χ4n) is 6.07. The molecule has 40 heavy (non-hydrogen) atoms. The molecular formula is C31H35ClN2O6. The maximum absolute atomic E-state index is 14.1. The van der Waals surface area contributed by atoms with Crippen molar-refractivity contribution in [1.82, 2.24) is 9.47 Å². The van der Waals surface area contributed by atoms with Crippen molar-refractivity contribution < 1.29 is 28.9 Å². The summed E-state index contributed by atoms with van der Waals surface area (Å²) in [5.74, 6) is 0.388. The molecule has 0 saturated carbocycles. The molecule has 0 radical (unpaired) electrons. The number of rotatable bonds is 7. The molecule has 0 aliphatic carbocycles. The lowest BCUT2D eigenvalue weighted by molar-refractivity contribution is -0.155. The average molecular weight is 567 g/mol. The van der Waals surface area contributed by atoms with Gasteiger partial charge in [-0.3, -0.25) is 9.59 Å². The lowest BCUT2D eigenvalue weighted by atomic mass is 9.81. The number of nitrogens with zero attached hydrogens (tertiary/aromatic N) is 2. The molecule has 2 aliphatic rings. The van der Waals surface area contributed by atoms with Gasteiger partial charge in [-0.05, 0) is 69.0 Å². The third kappa shape index (κ3) is 5.06. The van der Waals surface area contributed by atoms with Crippen LogP contribution in [0.2, 0.25) is 5.02 Å². The van der Waals surface area contributed by atoms with E-state index in [9.17, 15) is 14.7 Å². The number of amides is 1. The van der Waals surface area contributed by atoms with Crippen molar-refractivity contribution >= 4 is 23.5 Å². The standard InChI is InChI=1S/C31H35ClN2O6/c1-31(2,30(37)33-15-12-19(13-16-33)17-26(35)36)29-24-8-6-14-34(24)23-11-10-20(32)18-22(23)27(40-29)21-7-5-9-25(38-3)28(21)39-4/h5-11,14,18-19,27,29H,12-13,15-17H2,1-4H3,(H,35,36)/t27-,29+/m0/s1. The Morgan fingerprint density at radius 3 is 2.48 bits per heavy atom. The van der Waals surface area contributed by atoms with Crippen LogP contribution in [0, 0.1) is 11.3 Å². The van der Waals surface area contributed by atoms with Gasteiger partial charge in [0, 0.05) is 41.9 Å². The second kappa shape index (κ2) is 11.2. The zero-order chi connectivity index (χ0) is 28.6. The van der Waals surface area contributed by atoms with Crippen LogP contribution in [0.25, 0.3) is 5.69 Å². The molecular weight excluding hydrogens is 532 g/mol. The summed E-state index contributed by atoms with van der Waals surface area (Å²) in [5.41, 5.74) is 2.41. The predicted molar refractivity (Wildman–Crippen MR) is 151 cm³/mol. The number of ether oxygens (including phenoxy) is 3. The van der Waals surface area contributed by atoms with E-state index in [1.807, 2.05) is 73.5 Å². The molecule has 0 unspecified atom stereocenters. The van der Waals surface area contributed by atoms with Crippen molar-refractivity contribution in [3.8, 4) is 17.2 Å². The van der Waals surface area contributed by atoms with Crippen molar-refractivity contribution in [2.45, 2.75) is 45.3 Å². The smallest absolute Gasteiger partial charge is 0.303 e. The van der Waals surface area contributed by atoms with E-state index in [0.717, 1.165) is 22.5 Å². The van der Waals surface area contributed by atoms with Gasteiger partial charge in [0.15, 0.2) is 11.5 Å². The highest BCUT2D eigenvalue weighted by Gasteiger charge is 2.46. The minimum Gasteiger partial charge on any atom is -0.493 e. The molecule has 1 amide bonds. The average Bonchev–Trinajstić information content (AvgIpc) is 3.37. The zero-order valence-electron chi connectivity index (χ0n) is 23.2. The maximum Gasteiger partial charge on any atom is 0.303 e. The summed E-state index contributed by atoms with van der Waals surface area (Å²) < 4.78 is 20.5. The molecule has 2 aliphatic heterocycles. The summed E-state index contributed by atoms with van der Waals surface area (Å²) >= 11 is 6.52. The lowest BCUT2D eigenvalue weighted by Gasteiger charge is -2.40. The Hall–Kier alpha value is -3.49. The number of hydrogen-bond donors (Lipinski definition) is 1. The number of carboxylic acid groups (broad SMARTS) is 1. The first-order valence-corrected chi connectivity index (χ1v) is 13.9. The molecule has 0 bridgehead atoms. The number of methoxy groups -OCH3 is 2. The van der Waals surface area contributed by atoms with Crippen LogP contribution < -0.4 is 9.47 Å². The number of carbonyl (C=O) groups is 2. The van der Waals surface area contributed by atoms with Crippen LogP contribution >= 0.6 is 11.6 Å². The van der Waals surface area contributed by atoms with E-state index < -0.39 is 23.6 Å².